The summed E-state index contributed by atoms with van der Waals surface area (Å²) in [6.45, 7) is 0.926. The molecule has 2 aromatic rings. The van der Waals surface area contributed by atoms with Crippen molar-refractivity contribution in [3.63, 3.8) is 0 Å². The fourth-order valence-corrected chi connectivity index (χ4v) is 3.74. The van der Waals surface area contributed by atoms with Gasteiger partial charge in [0.1, 0.15) is 18.0 Å². The number of ether oxygens (including phenoxy) is 1. The quantitative estimate of drug-likeness (QED) is 0.840. The summed E-state index contributed by atoms with van der Waals surface area (Å²) in [7, 11) is 2.10. The SMILES string of the molecule is CN(CCc1ccccc1)[C@H]1CCC[C@@H](Oc2cccc(Cl)c2)[C@@H]1O. The van der Waals surface area contributed by atoms with E-state index in [4.69, 9.17) is 16.3 Å². The van der Waals surface area contributed by atoms with Crippen molar-refractivity contribution in [2.24, 2.45) is 0 Å². The first kappa shape index (κ1) is 18.2. The third-order valence-electron chi connectivity index (χ3n) is 5.01. The Morgan fingerprint density at radius 3 is 2.68 bits per heavy atom. The van der Waals surface area contributed by atoms with E-state index < -0.39 is 6.10 Å². The summed E-state index contributed by atoms with van der Waals surface area (Å²) in [5, 5.41) is 11.5. The first-order chi connectivity index (χ1) is 12.1. The molecule has 1 aliphatic rings. The number of aliphatic hydroxyl groups excluding tert-OH is 1. The number of hydrogen-bond acceptors (Lipinski definition) is 3. The van der Waals surface area contributed by atoms with Crippen molar-refractivity contribution in [2.75, 3.05) is 13.6 Å². The number of hydrogen-bond donors (Lipinski definition) is 1. The molecule has 3 atom stereocenters. The van der Waals surface area contributed by atoms with E-state index in [2.05, 4.69) is 36.2 Å². The third-order valence-corrected chi connectivity index (χ3v) is 5.24. The first-order valence-corrected chi connectivity index (χ1v) is 9.36. The Kier molecular flexibility index (Phi) is 6.35. The lowest BCUT2D eigenvalue weighted by Gasteiger charge is -2.39. The zero-order valence-corrected chi connectivity index (χ0v) is 15.4. The van der Waals surface area contributed by atoms with Gasteiger partial charge in [-0.3, -0.25) is 0 Å². The Balaban J connectivity index is 1.58. The maximum absolute atomic E-state index is 10.8. The molecule has 0 spiro atoms. The molecule has 0 saturated heterocycles. The molecule has 3 nitrogen and oxygen atoms in total. The first-order valence-electron chi connectivity index (χ1n) is 8.98. The molecule has 0 amide bonds. The van der Waals surface area contributed by atoms with E-state index >= 15 is 0 Å². The molecule has 0 bridgehead atoms. The lowest BCUT2D eigenvalue weighted by Crippen LogP contribution is -2.52. The van der Waals surface area contributed by atoms with Crippen molar-refractivity contribution in [1.29, 1.82) is 0 Å². The Labute approximate surface area is 155 Å². The molecule has 3 rings (SSSR count). The van der Waals surface area contributed by atoms with Crippen LogP contribution in [0.4, 0.5) is 0 Å². The third kappa shape index (κ3) is 4.97. The van der Waals surface area contributed by atoms with E-state index in [1.165, 1.54) is 5.56 Å². The van der Waals surface area contributed by atoms with Gasteiger partial charge in [-0.05, 0) is 56.5 Å². The molecule has 1 aliphatic carbocycles. The highest BCUT2D eigenvalue weighted by molar-refractivity contribution is 6.30. The van der Waals surface area contributed by atoms with Crippen LogP contribution in [0.15, 0.2) is 54.6 Å². The van der Waals surface area contributed by atoms with Gasteiger partial charge in [0, 0.05) is 17.6 Å². The van der Waals surface area contributed by atoms with Crippen molar-refractivity contribution in [2.45, 2.75) is 43.9 Å². The van der Waals surface area contributed by atoms with Crippen LogP contribution >= 0.6 is 11.6 Å². The highest BCUT2D eigenvalue weighted by Gasteiger charge is 2.35. The smallest absolute Gasteiger partial charge is 0.126 e. The normalized spacial score (nSPS) is 23.6. The molecule has 0 radical (unpaired) electrons. The van der Waals surface area contributed by atoms with Crippen LogP contribution in [0.5, 0.6) is 5.75 Å². The summed E-state index contributed by atoms with van der Waals surface area (Å²) < 4.78 is 6.03. The summed E-state index contributed by atoms with van der Waals surface area (Å²) in [6.07, 6.45) is 3.24. The van der Waals surface area contributed by atoms with Gasteiger partial charge in [0.2, 0.25) is 0 Å². The maximum Gasteiger partial charge on any atom is 0.126 e. The van der Waals surface area contributed by atoms with Crippen molar-refractivity contribution >= 4 is 11.6 Å². The molecule has 0 aliphatic heterocycles. The molecular weight excluding hydrogens is 334 g/mol. The molecule has 1 N–H and O–H groups in total. The Hall–Kier alpha value is -1.55. The van der Waals surface area contributed by atoms with E-state index in [1.807, 2.05) is 24.3 Å². The predicted molar refractivity (Wildman–Crippen MR) is 102 cm³/mol. The monoisotopic (exact) mass is 359 g/mol. The van der Waals surface area contributed by atoms with Gasteiger partial charge in [-0.2, -0.15) is 0 Å². The van der Waals surface area contributed by atoms with Crippen LogP contribution in [-0.2, 0) is 6.42 Å². The second-order valence-corrected chi connectivity index (χ2v) is 7.26. The van der Waals surface area contributed by atoms with Crippen LogP contribution in [0, 0.1) is 0 Å². The van der Waals surface area contributed by atoms with Crippen LogP contribution < -0.4 is 4.74 Å². The molecular formula is C21H26ClNO2. The lowest BCUT2D eigenvalue weighted by atomic mass is 9.88. The van der Waals surface area contributed by atoms with E-state index in [1.54, 1.807) is 6.07 Å². The zero-order valence-electron chi connectivity index (χ0n) is 14.6. The van der Waals surface area contributed by atoms with Gasteiger partial charge < -0.3 is 14.7 Å². The van der Waals surface area contributed by atoms with Crippen molar-refractivity contribution in [3.8, 4) is 5.75 Å². The average Bonchev–Trinajstić information content (AvgIpc) is 2.62. The molecule has 4 heteroatoms. The fourth-order valence-electron chi connectivity index (χ4n) is 3.56. The van der Waals surface area contributed by atoms with Gasteiger partial charge in [-0.25, -0.2) is 0 Å². The number of nitrogens with zero attached hydrogens (tertiary/aromatic N) is 1. The molecule has 0 heterocycles. The maximum atomic E-state index is 10.8. The van der Waals surface area contributed by atoms with Gasteiger partial charge in [-0.1, -0.05) is 48.0 Å². The van der Waals surface area contributed by atoms with Crippen LogP contribution in [0.3, 0.4) is 0 Å². The molecule has 0 aromatic heterocycles. The molecule has 0 unspecified atom stereocenters. The van der Waals surface area contributed by atoms with Gasteiger partial charge in [0.15, 0.2) is 0 Å². The summed E-state index contributed by atoms with van der Waals surface area (Å²) in [6, 6.07) is 18.0. The summed E-state index contributed by atoms with van der Waals surface area (Å²) in [5.41, 5.74) is 1.33. The fraction of sp³-hybridized carbons (Fsp3) is 0.429. The number of benzene rings is 2. The summed E-state index contributed by atoms with van der Waals surface area (Å²) >= 11 is 6.03. The van der Waals surface area contributed by atoms with E-state index in [0.717, 1.165) is 38.0 Å². The van der Waals surface area contributed by atoms with E-state index in [0.29, 0.717) is 5.02 Å². The lowest BCUT2D eigenvalue weighted by molar-refractivity contribution is -0.0469. The van der Waals surface area contributed by atoms with Gasteiger partial charge in [0.05, 0.1) is 0 Å². The minimum Gasteiger partial charge on any atom is -0.488 e. The number of likely N-dealkylation sites (N-methyl/N-ethyl adjacent to an activating group) is 1. The highest BCUT2D eigenvalue weighted by Crippen LogP contribution is 2.28. The second-order valence-electron chi connectivity index (χ2n) is 6.82. The predicted octanol–water partition coefficient (Wildman–Crippen LogP) is 4.18. The number of halogens is 1. The van der Waals surface area contributed by atoms with Crippen molar-refractivity contribution in [3.05, 3.63) is 65.2 Å². The molecule has 25 heavy (non-hydrogen) atoms. The summed E-state index contributed by atoms with van der Waals surface area (Å²) in [4.78, 5) is 2.27. The van der Waals surface area contributed by atoms with E-state index in [9.17, 15) is 5.11 Å². The minimum absolute atomic E-state index is 0.127. The molecule has 134 valence electrons. The van der Waals surface area contributed by atoms with Gasteiger partial charge in [-0.15, -0.1) is 0 Å². The molecule has 2 aromatic carbocycles. The van der Waals surface area contributed by atoms with Crippen LogP contribution in [-0.4, -0.2) is 41.8 Å². The van der Waals surface area contributed by atoms with Gasteiger partial charge in [0.25, 0.3) is 0 Å². The minimum atomic E-state index is -0.492. The number of aliphatic hydroxyl groups is 1. The number of rotatable bonds is 6. The Morgan fingerprint density at radius 1 is 1.12 bits per heavy atom. The van der Waals surface area contributed by atoms with Crippen LogP contribution in [0.25, 0.3) is 0 Å². The van der Waals surface area contributed by atoms with Crippen molar-refractivity contribution in [1.82, 2.24) is 4.90 Å². The second kappa shape index (κ2) is 8.70. The van der Waals surface area contributed by atoms with E-state index in [-0.39, 0.29) is 12.1 Å². The van der Waals surface area contributed by atoms with Crippen molar-refractivity contribution < 1.29 is 9.84 Å². The average molecular weight is 360 g/mol. The summed E-state index contributed by atoms with van der Waals surface area (Å²) in [5.74, 6) is 0.726. The Bertz CT molecular complexity index is 664. The zero-order chi connectivity index (χ0) is 17.6. The topological polar surface area (TPSA) is 32.7 Å². The standard InChI is InChI=1S/C21H26ClNO2/c1-23(14-13-16-7-3-2-4-8-16)19-11-6-12-20(21(19)24)25-18-10-5-9-17(22)15-18/h2-5,7-10,15,19-21,24H,6,11-14H2,1H3/t19-,20+,21+/m0/s1. The van der Waals surface area contributed by atoms with Crippen LogP contribution in [0.2, 0.25) is 5.02 Å². The molecule has 1 fully saturated rings. The van der Waals surface area contributed by atoms with Crippen LogP contribution in [0.1, 0.15) is 24.8 Å². The van der Waals surface area contributed by atoms with Gasteiger partial charge >= 0.3 is 0 Å². The Morgan fingerprint density at radius 2 is 1.92 bits per heavy atom. The molecule has 1 saturated carbocycles. The largest absolute Gasteiger partial charge is 0.488 e. The highest BCUT2D eigenvalue weighted by atomic mass is 35.5.